The Morgan fingerprint density at radius 3 is 1.95 bits per heavy atom. The molecule has 0 spiro atoms. The SMILES string of the molecule is CC1CC[P+](Cc2ccccc2)(c2ccccc2)CC1.[Br-]. The highest BCUT2D eigenvalue weighted by Gasteiger charge is 2.42. The topological polar surface area (TPSA) is 0 Å². The van der Waals surface area contributed by atoms with Crippen molar-refractivity contribution in [3.05, 3.63) is 66.2 Å². The number of benzene rings is 2. The maximum absolute atomic E-state index is 2.42. The van der Waals surface area contributed by atoms with Crippen LogP contribution in [0.4, 0.5) is 0 Å². The minimum Gasteiger partial charge on any atom is -1.00 e. The van der Waals surface area contributed by atoms with Gasteiger partial charge in [-0.15, -0.1) is 0 Å². The standard InChI is InChI=1S/C19H24P.BrH/c1-17-12-14-20(15-13-17,19-10-6-3-7-11-19)16-18-8-4-2-5-9-18;/h2-11,17H,12-16H2,1H3;1H/q+1;/p-1. The van der Waals surface area contributed by atoms with Gasteiger partial charge in [-0.05, 0) is 36.5 Å². The predicted molar refractivity (Wildman–Crippen MR) is 91.3 cm³/mol. The molecule has 1 heterocycles. The first-order chi connectivity index (χ1) is 9.78. The summed E-state index contributed by atoms with van der Waals surface area (Å²) in [6.45, 7) is 2.42. The lowest BCUT2D eigenvalue weighted by Gasteiger charge is -2.33. The second-order valence-electron chi connectivity index (χ2n) is 6.25. The highest BCUT2D eigenvalue weighted by molar-refractivity contribution is 7.82. The van der Waals surface area contributed by atoms with Crippen molar-refractivity contribution in [2.24, 2.45) is 5.92 Å². The second-order valence-corrected chi connectivity index (χ2v) is 10.3. The lowest BCUT2D eigenvalue weighted by Crippen LogP contribution is -3.00. The molecule has 2 aromatic rings. The van der Waals surface area contributed by atoms with Crippen LogP contribution in [0.25, 0.3) is 0 Å². The van der Waals surface area contributed by atoms with E-state index in [0.29, 0.717) is 0 Å². The minimum atomic E-state index is -1.00. The molecule has 2 heteroatoms. The van der Waals surface area contributed by atoms with E-state index in [-0.39, 0.29) is 17.0 Å². The molecule has 1 fully saturated rings. The maximum Gasteiger partial charge on any atom is 0.0943 e. The lowest BCUT2D eigenvalue weighted by molar-refractivity contribution is -0.00000417. The molecule has 0 atom stereocenters. The molecule has 0 nitrogen and oxygen atoms in total. The normalized spacial score (nSPS) is 25.1. The molecule has 0 N–H and O–H groups in total. The quantitative estimate of drug-likeness (QED) is 0.732. The zero-order valence-electron chi connectivity index (χ0n) is 12.7. The summed E-state index contributed by atoms with van der Waals surface area (Å²) >= 11 is 0. The van der Waals surface area contributed by atoms with Gasteiger partial charge < -0.3 is 17.0 Å². The summed E-state index contributed by atoms with van der Waals surface area (Å²) in [7, 11) is -1.00. The Labute approximate surface area is 140 Å². The van der Waals surface area contributed by atoms with Crippen LogP contribution in [-0.2, 0) is 6.16 Å². The molecule has 1 aliphatic heterocycles. The summed E-state index contributed by atoms with van der Waals surface area (Å²) in [6, 6.07) is 22.5. The fourth-order valence-electron chi connectivity index (χ4n) is 3.38. The molecular formula is C19H24BrP. The van der Waals surface area contributed by atoms with Crippen LogP contribution in [0.1, 0.15) is 25.3 Å². The molecule has 3 rings (SSSR count). The smallest absolute Gasteiger partial charge is 0.0943 e. The van der Waals surface area contributed by atoms with Gasteiger partial charge in [0.15, 0.2) is 0 Å². The summed E-state index contributed by atoms with van der Waals surface area (Å²) in [6.07, 6.45) is 7.00. The summed E-state index contributed by atoms with van der Waals surface area (Å²) < 4.78 is 0. The number of hydrogen-bond donors (Lipinski definition) is 0. The van der Waals surface area contributed by atoms with E-state index in [1.807, 2.05) is 0 Å². The number of halogens is 1. The third-order valence-electron chi connectivity index (χ3n) is 4.73. The van der Waals surface area contributed by atoms with E-state index in [0.717, 1.165) is 5.92 Å². The first-order valence-electron chi connectivity index (χ1n) is 7.74. The second kappa shape index (κ2) is 7.56. The molecule has 0 amide bonds. The highest BCUT2D eigenvalue weighted by Crippen LogP contribution is 2.64. The molecule has 2 aromatic carbocycles. The van der Waals surface area contributed by atoms with E-state index in [4.69, 9.17) is 0 Å². The van der Waals surface area contributed by atoms with Gasteiger partial charge in [0.25, 0.3) is 0 Å². The zero-order valence-corrected chi connectivity index (χ0v) is 15.2. The molecule has 0 bridgehead atoms. The fraction of sp³-hybridized carbons (Fsp3) is 0.368. The maximum atomic E-state index is 2.42. The number of hydrogen-bond acceptors (Lipinski definition) is 0. The Bertz CT molecular complexity index is 530. The molecule has 0 aliphatic carbocycles. The van der Waals surface area contributed by atoms with Gasteiger partial charge in [-0.3, -0.25) is 0 Å². The molecule has 0 unspecified atom stereocenters. The molecule has 0 aromatic heterocycles. The van der Waals surface area contributed by atoms with Crippen molar-refractivity contribution >= 4 is 12.6 Å². The van der Waals surface area contributed by atoms with Crippen molar-refractivity contribution in [2.75, 3.05) is 12.3 Å². The Kier molecular flexibility index (Phi) is 6.02. The van der Waals surface area contributed by atoms with Gasteiger partial charge in [0, 0.05) is 0 Å². The van der Waals surface area contributed by atoms with E-state index in [1.54, 1.807) is 5.30 Å². The van der Waals surface area contributed by atoms with Crippen molar-refractivity contribution < 1.29 is 17.0 Å². The molecule has 1 saturated heterocycles. The Morgan fingerprint density at radius 1 is 0.857 bits per heavy atom. The van der Waals surface area contributed by atoms with Gasteiger partial charge >= 0.3 is 0 Å². The lowest BCUT2D eigenvalue weighted by atomic mass is 10.1. The van der Waals surface area contributed by atoms with Gasteiger partial charge in [-0.25, -0.2) is 0 Å². The third-order valence-corrected chi connectivity index (χ3v) is 9.32. The highest BCUT2D eigenvalue weighted by atomic mass is 79.9. The van der Waals surface area contributed by atoms with Crippen LogP contribution < -0.4 is 22.3 Å². The van der Waals surface area contributed by atoms with Crippen LogP contribution in [0.15, 0.2) is 60.7 Å². The van der Waals surface area contributed by atoms with Gasteiger partial charge in [-0.2, -0.15) is 0 Å². The van der Waals surface area contributed by atoms with Crippen molar-refractivity contribution in [1.29, 1.82) is 0 Å². The Hall–Kier alpha value is -0.650. The first kappa shape index (κ1) is 16.7. The van der Waals surface area contributed by atoms with Crippen molar-refractivity contribution in [2.45, 2.75) is 25.9 Å². The van der Waals surface area contributed by atoms with Gasteiger partial charge in [0.1, 0.15) is 0 Å². The molecule has 0 saturated carbocycles. The van der Waals surface area contributed by atoms with E-state index in [2.05, 4.69) is 67.6 Å². The summed E-state index contributed by atoms with van der Waals surface area (Å²) in [4.78, 5) is 0. The zero-order chi connectivity index (χ0) is 13.8. The average molecular weight is 363 g/mol. The van der Waals surface area contributed by atoms with Crippen LogP contribution >= 0.6 is 7.26 Å². The average Bonchev–Trinajstić information content (AvgIpc) is 2.52. The Balaban J connectivity index is 0.00000161. The molecule has 112 valence electrons. The van der Waals surface area contributed by atoms with Crippen LogP contribution in [0.3, 0.4) is 0 Å². The molecule has 0 radical (unpaired) electrons. The van der Waals surface area contributed by atoms with Gasteiger partial charge in [0.2, 0.25) is 0 Å². The monoisotopic (exact) mass is 362 g/mol. The van der Waals surface area contributed by atoms with E-state index >= 15 is 0 Å². The van der Waals surface area contributed by atoms with Crippen molar-refractivity contribution in [3.63, 3.8) is 0 Å². The van der Waals surface area contributed by atoms with Crippen LogP contribution in [0.2, 0.25) is 0 Å². The molecule has 21 heavy (non-hydrogen) atoms. The van der Waals surface area contributed by atoms with Gasteiger partial charge in [0.05, 0.1) is 31.1 Å². The van der Waals surface area contributed by atoms with Crippen LogP contribution in [0.5, 0.6) is 0 Å². The molecular weight excluding hydrogens is 339 g/mol. The van der Waals surface area contributed by atoms with Gasteiger partial charge in [-0.1, -0.05) is 55.5 Å². The molecule has 1 aliphatic rings. The van der Waals surface area contributed by atoms with Crippen molar-refractivity contribution in [1.82, 2.24) is 0 Å². The summed E-state index contributed by atoms with van der Waals surface area (Å²) in [5.41, 5.74) is 1.53. The largest absolute Gasteiger partial charge is 1.00 e. The predicted octanol–water partition coefficient (Wildman–Crippen LogP) is 1.96. The Morgan fingerprint density at radius 2 is 1.38 bits per heavy atom. The van der Waals surface area contributed by atoms with Crippen LogP contribution in [0, 0.1) is 5.92 Å². The third kappa shape index (κ3) is 3.96. The summed E-state index contributed by atoms with van der Waals surface area (Å²) in [5, 5.41) is 1.65. The van der Waals surface area contributed by atoms with Crippen molar-refractivity contribution in [3.8, 4) is 0 Å². The fourth-order valence-corrected chi connectivity index (χ4v) is 8.20. The van der Waals surface area contributed by atoms with Crippen LogP contribution in [-0.4, -0.2) is 12.3 Å². The first-order valence-corrected chi connectivity index (χ1v) is 10.1. The van der Waals surface area contributed by atoms with E-state index in [1.165, 1.54) is 36.9 Å². The van der Waals surface area contributed by atoms with E-state index < -0.39 is 7.26 Å². The summed E-state index contributed by atoms with van der Waals surface area (Å²) in [5.74, 6) is 0.919. The number of rotatable bonds is 3. The minimum absolute atomic E-state index is 0. The van der Waals surface area contributed by atoms with E-state index in [9.17, 15) is 0 Å².